The molecule has 2 heterocycles. The Labute approximate surface area is 148 Å². The molecule has 25 heavy (non-hydrogen) atoms. The zero-order chi connectivity index (χ0) is 17.6. The van der Waals surface area contributed by atoms with Gasteiger partial charge in [-0.25, -0.2) is 9.37 Å². The van der Waals surface area contributed by atoms with Gasteiger partial charge in [0.05, 0.1) is 5.69 Å². The largest absolute Gasteiger partial charge is 0.444 e. The number of piperidine rings is 1. The van der Waals surface area contributed by atoms with Crippen molar-refractivity contribution in [1.82, 2.24) is 15.2 Å². The zero-order valence-electron chi connectivity index (χ0n) is 14.8. The molecular formula is C19H25FN4O. The standard InChI is InChI=1S/C19H25FN4O/c1-14-8-11-24(12-9-14)19(21-2)22-10-7-17-13-25-18(23-17)15-3-5-16(20)6-4-15/h3-6,13-14H,7-12H2,1-2H3,(H,21,22). The van der Waals surface area contributed by atoms with Crippen molar-refractivity contribution in [2.45, 2.75) is 26.2 Å². The molecule has 0 saturated carbocycles. The normalized spacial score (nSPS) is 16.3. The molecule has 0 unspecified atom stereocenters. The fourth-order valence-electron chi connectivity index (χ4n) is 3.00. The van der Waals surface area contributed by atoms with Crippen LogP contribution in [0, 0.1) is 11.7 Å². The van der Waals surface area contributed by atoms with E-state index in [0.29, 0.717) is 5.89 Å². The summed E-state index contributed by atoms with van der Waals surface area (Å²) in [6.45, 7) is 5.16. The predicted octanol–water partition coefficient (Wildman–Crippen LogP) is 3.33. The number of oxazole rings is 1. The Morgan fingerprint density at radius 3 is 2.72 bits per heavy atom. The van der Waals surface area contributed by atoms with Crippen molar-refractivity contribution in [3.8, 4) is 11.5 Å². The number of rotatable bonds is 4. The number of aromatic nitrogens is 1. The zero-order valence-corrected chi connectivity index (χ0v) is 14.8. The Bertz CT molecular complexity index is 702. The monoisotopic (exact) mass is 344 g/mol. The summed E-state index contributed by atoms with van der Waals surface area (Å²) in [4.78, 5) is 11.2. The van der Waals surface area contributed by atoms with Crippen LogP contribution < -0.4 is 5.32 Å². The maximum Gasteiger partial charge on any atom is 0.226 e. The van der Waals surface area contributed by atoms with Crippen LogP contribution in [0.15, 0.2) is 39.9 Å². The molecule has 0 amide bonds. The molecule has 5 nitrogen and oxygen atoms in total. The van der Waals surface area contributed by atoms with Crippen LogP contribution in [0.3, 0.4) is 0 Å². The Morgan fingerprint density at radius 2 is 2.04 bits per heavy atom. The Balaban J connectivity index is 1.51. The SMILES string of the molecule is CN=C(NCCc1coc(-c2ccc(F)cc2)n1)N1CCC(C)CC1. The van der Waals surface area contributed by atoms with Gasteiger partial charge in [0.15, 0.2) is 5.96 Å². The van der Waals surface area contributed by atoms with E-state index >= 15 is 0 Å². The molecule has 0 bridgehead atoms. The van der Waals surface area contributed by atoms with Crippen molar-refractivity contribution in [3.05, 3.63) is 42.0 Å². The third-order valence-corrected chi connectivity index (χ3v) is 4.60. The molecule has 1 N–H and O–H groups in total. The lowest BCUT2D eigenvalue weighted by Crippen LogP contribution is -2.45. The van der Waals surface area contributed by atoms with Crippen LogP contribution in [0.5, 0.6) is 0 Å². The first kappa shape index (κ1) is 17.5. The van der Waals surface area contributed by atoms with Crippen molar-refractivity contribution in [2.75, 3.05) is 26.7 Å². The number of halogens is 1. The minimum absolute atomic E-state index is 0.266. The number of nitrogens with one attached hydrogen (secondary N) is 1. The van der Waals surface area contributed by atoms with Crippen LogP contribution in [0.4, 0.5) is 4.39 Å². The molecule has 1 fully saturated rings. The van der Waals surface area contributed by atoms with E-state index in [-0.39, 0.29) is 5.82 Å². The maximum atomic E-state index is 13.0. The molecule has 1 saturated heterocycles. The number of likely N-dealkylation sites (tertiary alicyclic amines) is 1. The summed E-state index contributed by atoms with van der Waals surface area (Å²) in [5.74, 6) is 2.01. The van der Waals surface area contributed by atoms with Gasteiger partial charge in [0.25, 0.3) is 0 Å². The average Bonchev–Trinajstić information content (AvgIpc) is 3.09. The van der Waals surface area contributed by atoms with Crippen molar-refractivity contribution in [3.63, 3.8) is 0 Å². The van der Waals surface area contributed by atoms with Gasteiger partial charge in [0.2, 0.25) is 5.89 Å². The summed E-state index contributed by atoms with van der Waals surface area (Å²) < 4.78 is 18.5. The van der Waals surface area contributed by atoms with Crippen LogP contribution in [-0.2, 0) is 6.42 Å². The maximum absolute atomic E-state index is 13.0. The van der Waals surface area contributed by atoms with E-state index in [0.717, 1.165) is 49.2 Å². The van der Waals surface area contributed by atoms with Gasteiger partial charge < -0.3 is 14.6 Å². The highest BCUT2D eigenvalue weighted by atomic mass is 19.1. The second-order valence-electron chi connectivity index (χ2n) is 6.54. The molecule has 0 atom stereocenters. The third-order valence-electron chi connectivity index (χ3n) is 4.60. The smallest absolute Gasteiger partial charge is 0.226 e. The quantitative estimate of drug-likeness (QED) is 0.683. The minimum atomic E-state index is -0.266. The topological polar surface area (TPSA) is 53.7 Å². The lowest BCUT2D eigenvalue weighted by molar-refractivity contribution is 0.273. The van der Waals surface area contributed by atoms with Gasteiger partial charge in [0.1, 0.15) is 12.1 Å². The summed E-state index contributed by atoms with van der Waals surface area (Å²) in [6, 6.07) is 6.15. The van der Waals surface area contributed by atoms with Crippen molar-refractivity contribution >= 4 is 5.96 Å². The van der Waals surface area contributed by atoms with Crippen LogP contribution >= 0.6 is 0 Å². The van der Waals surface area contributed by atoms with Crippen LogP contribution in [0.1, 0.15) is 25.5 Å². The van der Waals surface area contributed by atoms with Gasteiger partial charge in [-0.2, -0.15) is 0 Å². The molecule has 1 aromatic carbocycles. The van der Waals surface area contributed by atoms with Gasteiger partial charge in [-0.05, 0) is 43.0 Å². The molecule has 134 valence electrons. The van der Waals surface area contributed by atoms with E-state index in [1.54, 1.807) is 18.4 Å². The summed E-state index contributed by atoms with van der Waals surface area (Å²) in [7, 11) is 1.82. The van der Waals surface area contributed by atoms with E-state index in [9.17, 15) is 4.39 Å². The van der Waals surface area contributed by atoms with E-state index in [2.05, 4.69) is 27.1 Å². The van der Waals surface area contributed by atoms with E-state index in [4.69, 9.17) is 4.42 Å². The summed E-state index contributed by atoms with van der Waals surface area (Å²) in [5, 5.41) is 3.40. The number of aliphatic imine (C=N–C) groups is 1. The first-order chi connectivity index (χ1) is 12.2. The highest BCUT2D eigenvalue weighted by molar-refractivity contribution is 5.79. The minimum Gasteiger partial charge on any atom is -0.444 e. The van der Waals surface area contributed by atoms with Crippen LogP contribution in [0.2, 0.25) is 0 Å². The number of guanidine groups is 1. The number of benzene rings is 1. The van der Waals surface area contributed by atoms with E-state index in [1.807, 2.05) is 7.05 Å². The number of nitrogens with zero attached hydrogens (tertiary/aromatic N) is 3. The Hall–Kier alpha value is -2.37. The molecule has 1 aliphatic heterocycles. The molecule has 0 aliphatic carbocycles. The molecule has 2 aromatic rings. The second-order valence-corrected chi connectivity index (χ2v) is 6.54. The van der Waals surface area contributed by atoms with Gasteiger partial charge in [-0.3, -0.25) is 4.99 Å². The van der Waals surface area contributed by atoms with Gasteiger partial charge in [0, 0.05) is 38.7 Å². The van der Waals surface area contributed by atoms with E-state index < -0.39 is 0 Å². The summed E-state index contributed by atoms with van der Waals surface area (Å²) >= 11 is 0. The molecule has 0 spiro atoms. The lowest BCUT2D eigenvalue weighted by atomic mass is 10.00. The Kier molecular flexibility index (Phi) is 5.68. The molecule has 0 radical (unpaired) electrons. The van der Waals surface area contributed by atoms with Crippen molar-refractivity contribution < 1.29 is 8.81 Å². The fourth-order valence-corrected chi connectivity index (χ4v) is 3.00. The van der Waals surface area contributed by atoms with Gasteiger partial charge in [-0.1, -0.05) is 6.92 Å². The highest BCUT2D eigenvalue weighted by Gasteiger charge is 2.18. The third kappa shape index (κ3) is 4.59. The number of hydrogen-bond donors (Lipinski definition) is 1. The van der Waals surface area contributed by atoms with Crippen molar-refractivity contribution in [2.24, 2.45) is 10.9 Å². The molecule has 3 rings (SSSR count). The van der Waals surface area contributed by atoms with Gasteiger partial charge >= 0.3 is 0 Å². The molecule has 1 aliphatic rings. The van der Waals surface area contributed by atoms with E-state index in [1.165, 1.54) is 25.0 Å². The predicted molar refractivity (Wildman–Crippen MR) is 96.9 cm³/mol. The first-order valence-electron chi connectivity index (χ1n) is 8.81. The highest BCUT2D eigenvalue weighted by Crippen LogP contribution is 2.19. The molecular weight excluding hydrogens is 319 g/mol. The van der Waals surface area contributed by atoms with Crippen LogP contribution in [-0.4, -0.2) is 42.5 Å². The van der Waals surface area contributed by atoms with Crippen molar-refractivity contribution in [1.29, 1.82) is 0 Å². The Morgan fingerprint density at radius 1 is 1.32 bits per heavy atom. The van der Waals surface area contributed by atoms with Gasteiger partial charge in [-0.15, -0.1) is 0 Å². The molecule has 1 aromatic heterocycles. The fraction of sp³-hybridized carbons (Fsp3) is 0.474. The summed E-state index contributed by atoms with van der Waals surface area (Å²) in [5.41, 5.74) is 1.65. The summed E-state index contributed by atoms with van der Waals surface area (Å²) in [6.07, 6.45) is 4.83. The number of hydrogen-bond acceptors (Lipinski definition) is 3. The first-order valence-corrected chi connectivity index (χ1v) is 8.81. The van der Waals surface area contributed by atoms with Crippen LogP contribution in [0.25, 0.3) is 11.5 Å². The lowest BCUT2D eigenvalue weighted by Gasteiger charge is -2.32. The molecule has 6 heteroatoms. The average molecular weight is 344 g/mol. The second kappa shape index (κ2) is 8.14.